The highest BCUT2D eigenvalue weighted by atomic mass is 19.3. The van der Waals surface area contributed by atoms with Gasteiger partial charge in [0.05, 0.1) is 0 Å². The predicted molar refractivity (Wildman–Crippen MR) is 64.1 cm³/mol. The first-order valence-corrected chi connectivity index (χ1v) is 5.94. The van der Waals surface area contributed by atoms with Crippen LogP contribution in [0.1, 0.15) is 18.4 Å². The summed E-state index contributed by atoms with van der Waals surface area (Å²) >= 11 is 0. The molecule has 19 heavy (non-hydrogen) atoms. The van der Waals surface area contributed by atoms with Crippen molar-refractivity contribution in [2.75, 3.05) is 6.54 Å². The first-order valence-electron chi connectivity index (χ1n) is 5.94. The van der Waals surface area contributed by atoms with Crippen molar-refractivity contribution < 1.29 is 8.78 Å². The van der Waals surface area contributed by atoms with E-state index < -0.39 is 11.3 Å². The highest BCUT2D eigenvalue weighted by Crippen LogP contribution is 2.52. The second-order valence-electron chi connectivity index (χ2n) is 4.94. The quantitative estimate of drug-likeness (QED) is 0.907. The summed E-state index contributed by atoms with van der Waals surface area (Å²) in [7, 11) is 0. The summed E-state index contributed by atoms with van der Waals surface area (Å²) in [5.74, 6) is -2.01. The molecule has 0 aliphatic heterocycles. The van der Waals surface area contributed by atoms with Gasteiger partial charge in [-0.05, 0) is 11.6 Å². The second kappa shape index (κ2) is 4.06. The zero-order valence-electron chi connectivity index (χ0n) is 10.1. The zero-order chi connectivity index (χ0) is 13.5. The molecule has 0 aromatic carbocycles. The van der Waals surface area contributed by atoms with E-state index in [-0.39, 0.29) is 19.4 Å². The van der Waals surface area contributed by atoms with Gasteiger partial charge in [0.2, 0.25) is 5.92 Å². The highest BCUT2D eigenvalue weighted by Gasteiger charge is 2.56. The molecule has 1 aliphatic rings. The molecule has 2 aromatic rings. The molecule has 5 nitrogen and oxygen atoms in total. The number of pyridine rings is 1. The van der Waals surface area contributed by atoms with Crippen LogP contribution in [0.3, 0.4) is 0 Å². The van der Waals surface area contributed by atoms with E-state index in [1.54, 1.807) is 18.3 Å². The first kappa shape index (κ1) is 12.2. The fourth-order valence-corrected chi connectivity index (χ4v) is 2.57. The van der Waals surface area contributed by atoms with Crippen LogP contribution in [0.2, 0.25) is 0 Å². The summed E-state index contributed by atoms with van der Waals surface area (Å²) in [6, 6.07) is 3.52. The lowest BCUT2D eigenvalue weighted by Crippen LogP contribution is -2.53. The van der Waals surface area contributed by atoms with E-state index in [4.69, 9.17) is 5.73 Å². The lowest BCUT2D eigenvalue weighted by Gasteiger charge is -2.47. The summed E-state index contributed by atoms with van der Waals surface area (Å²) in [6.07, 6.45) is 4.11. The minimum atomic E-state index is -2.61. The molecule has 0 saturated heterocycles. The SMILES string of the molecule is NCC1(c2ccc(-n3cncn3)nc2)CC(F)(F)C1. The Balaban J connectivity index is 1.87. The monoisotopic (exact) mass is 265 g/mol. The standard InChI is InChI=1S/C12H13F2N5/c13-12(14)4-11(5-12,6-15)9-1-2-10(17-3-9)19-8-16-7-18-19/h1-3,7-8H,4-6,15H2. The van der Waals surface area contributed by atoms with E-state index in [0.29, 0.717) is 5.82 Å². The van der Waals surface area contributed by atoms with Crippen molar-refractivity contribution in [1.82, 2.24) is 19.7 Å². The lowest BCUT2D eigenvalue weighted by molar-refractivity contribution is -0.123. The average molecular weight is 265 g/mol. The summed E-state index contributed by atoms with van der Waals surface area (Å²) < 4.78 is 27.7. The van der Waals surface area contributed by atoms with Crippen LogP contribution in [-0.2, 0) is 5.41 Å². The number of alkyl halides is 2. The fraction of sp³-hybridized carbons (Fsp3) is 0.417. The molecule has 1 saturated carbocycles. The number of halogens is 2. The topological polar surface area (TPSA) is 69.6 Å². The van der Waals surface area contributed by atoms with Gasteiger partial charge in [-0.3, -0.25) is 0 Å². The molecule has 0 bridgehead atoms. The van der Waals surface area contributed by atoms with E-state index in [9.17, 15) is 8.78 Å². The Morgan fingerprint density at radius 2 is 2.11 bits per heavy atom. The molecule has 2 aromatic heterocycles. The van der Waals surface area contributed by atoms with Gasteiger partial charge >= 0.3 is 0 Å². The van der Waals surface area contributed by atoms with Gasteiger partial charge in [0, 0.05) is 31.0 Å². The van der Waals surface area contributed by atoms with Crippen molar-refractivity contribution >= 4 is 0 Å². The smallest absolute Gasteiger partial charge is 0.250 e. The van der Waals surface area contributed by atoms with Crippen molar-refractivity contribution in [3.8, 4) is 5.82 Å². The second-order valence-corrected chi connectivity index (χ2v) is 4.94. The van der Waals surface area contributed by atoms with Gasteiger partial charge in [0.15, 0.2) is 5.82 Å². The van der Waals surface area contributed by atoms with E-state index >= 15 is 0 Å². The predicted octanol–water partition coefficient (Wildman–Crippen LogP) is 1.29. The molecule has 1 fully saturated rings. The Labute approximate surface area is 108 Å². The molecule has 0 atom stereocenters. The van der Waals surface area contributed by atoms with Gasteiger partial charge in [-0.15, -0.1) is 0 Å². The molecule has 0 amide bonds. The van der Waals surface area contributed by atoms with Crippen LogP contribution in [0.5, 0.6) is 0 Å². The molecule has 0 spiro atoms. The maximum Gasteiger partial charge on any atom is 0.250 e. The van der Waals surface area contributed by atoms with E-state index in [2.05, 4.69) is 15.1 Å². The number of aromatic nitrogens is 4. The van der Waals surface area contributed by atoms with Gasteiger partial charge in [-0.2, -0.15) is 5.10 Å². The van der Waals surface area contributed by atoms with Crippen LogP contribution in [0.25, 0.3) is 5.82 Å². The van der Waals surface area contributed by atoms with Gasteiger partial charge < -0.3 is 5.73 Å². The Kier molecular flexibility index (Phi) is 2.60. The summed E-state index contributed by atoms with van der Waals surface area (Å²) in [5, 5.41) is 3.95. The minimum Gasteiger partial charge on any atom is -0.330 e. The number of hydrogen-bond acceptors (Lipinski definition) is 4. The molecule has 2 N–H and O–H groups in total. The number of nitrogens with two attached hydrogens (primary N) is 1. The Bertz CT molecular complexity index is 556. The summed E-state index contributed by atoms with van der Waals surface area (Å²) in [6.45, 7) is 0.201. The molecular formula is C12H13F2N5. The molecule has 3 rings (SSSR count). The average Bonchev–Trinajstić information content (AvgIpc) is 2.89. The number of rotatable bonds is 3. The van der Waals surface area contributed by atoms with Crippen molar-refractivity contribution in [3.05, 3.63) is 36.5 Å². The van der Waals surface area contributed by atoms with Crippen molar-refractivity contribution in [2.45, 2.75) is 24.2 Å². The van der Waals surface area contributed by atoms with Gasteiger partial charge in [-0.1, -0.05) is 6.07 Å². The van der Waals surface area contributed by atoms with Crippen molar-refractivity contribution in [3.63, 3.8) is 0 Å². The normalized spacial score (nSPS) is 19.9. The summed E-state index contributed by atoms with van der Waals surface area (Å²) in [5.41, 5.74) is 5.78. The van der Waals surface area contributed by atoms with Crippen LogP contribution >= 0.6 is 0 Å². The fourth-order valence-electron chi connectivity index (χ4n) is 2.57. The number of hydrogen-bond donors (Lipinski definition) is 1. The Morgan fingerprint density at radius 1 is 1.32 bits per heavy atom. The maximum absolute atomic E-state index is 13.1. The third-order valence-corrected chi connectivity index (χ3v) is 3.60. The molecular weight excluding hydrogens is 252 g/mol. The minimum absolute atomic E-state index is 0.201. The van der Waals surface area contributed by atoms with Crippen molar-refractivity contribution in [1.29, 1.82) is 0 Å². The molecule has 0 unspecified atom stereocenters. The first-order chi connectivity index (χ1) is 9.05. The van der Waals surface area contributed by atoms with E-state index in [1.165, 1.54) is 17.3 Å². The summed E-state index contributed by atoms with van der Waals surface area (Å²) in [4.78, 5) is 8.05. The molecule has 0 radical (unpaired) electrons. The van der Waals surface area contributed by atoms with Gasteiger partial charge in [-0.25, -0.2) is 23.4 Å². The molecule has 2 heterocycles. The number of nitrogens with zero attached hydrogens (tertiary/aromatic N) is 4. The van der Waals surface area contributed by atoms with Crippen LogP contribution in [0.4, 0.5) is 8.78 Å². The third kappa shape index (κ3) is 1.99. The van der Waals surface area contributed by atoms with Crippen LogP contribution in [-0.4, -0.2) is 32.2 Å². The van der Waals surface area contributed by atoms with Crippen LogP contribution < -0.4 is 5.73 Å². The van der Waals surface area contributed by atoms with Crippen LogP contribution in [0, 0.1) is 0 Å². The Morgan fingerprint density at radius 3 is 2.58 bits per heavy atom. The van der Waals surface area contributed by atoms with E-state index in [1.807, 2.05) is 0 Å². The maximum atomic E-state index is 13.1. The largest absolute Gasteiger partial charge is 0.330 e. The zero-order valence-corrected chi connectivity index (χ0v) is 10.1. The van der Waals surface area contributed by atoms with Gasteiger partial charge in [0.25, 0.3) is 0 Å². The molecule has 1 aliphatic carbocycles. The molecule has 100 valence electrons. The Hall–Kier alpha value is -1.89. The van der Waals surface area contributed by atoms with Crippen LogP contribution in [0.15, 0.2) is 31.0 Å². The lowest BCUT2D eigenvalue weighted by atomic mass is 9.62. The van der Waals surface area contributed by atoms with E-state index in [0.717, 1.165) is 5.56 Å². The molecule has 7 heteroatoms. The third-order valence-electron chi connectivity index (χ3n) is 3.60. The highest BCUT2D eigenvalue weighted by molar-refractivity contribution is 5.33. The van der Waals surface area contributed by atoms with Crippen molar-refractivity contribution in [2.24, 2.45) is 5.73 Å². The van der Waals surface area contributed by atoms with Gasteiger partial charge in [0.1, 0.15) is 12.7 Å².